The van der Waals surface area contributed by atoms with E-state index in [2.05, 4.69) is 0 Å². The molecule has 1 nitrogen and oxygen atoms in total. The van der Waals surface area contributed by atoms with Crippen molar-refractivity contribution in [2.45, 2.75) is 6.92 Å². The van der Waals surface area contributed by atoms with E-state index < -0.39 is 11.6 Å². The maximum atomic E-state index is 13.7. The average Bonchev–Trinajstić information content (AvgIpc) is 2.28. The highest BCUT2D eigenvalue weighted by molar-refractivity contribution is 5.66. The Hall–Kier alpha value is -2.21. The molecule has 0 unspecified atom stereocenters. The van der Waals surface area contributed by atoms with E-state index in [1.165, 1.54) is 36.4 Å². The summed E-state index contributed by atoms with van der Waals surface area (Å²) in [4.78, 5) is 0. The largest absolute Gasteiger partial charge is 0.206 e. The Morgan fingerprint density at radius 2 is 1.53 bits per heavy atom. The first-order chi connectivity index (χ1) is 8.11. The number of hydrogen-bond donors (Lipinski definition) is 0. The average molecular weight is 229 g/mol. The summed E-state index contributed by atoms with van der Waals surface area (Å²) >= 11 is 0. The van der Waals surface area contributed by atoms with Crippen LogP contribution in [0.5, 0.6) is 0 Å². The molecule has 0 heterocycles. The zero-order valence-electron chi connectivity index (χ0n) is 9.17. The van der Waals surface area contributed by atoms with Crippen LogP contribution in [0.4, 0.5) is 8.78 Å². The molecule has 0 saturated heterocycles. The van der Waals surface area contributed by atoms with Gasteiger partial charge >= 0.3 is 0 Å². The van der Waals surface area contributed by atoms with Gasteiger partial charge in [0.05, 0.1) is 17.2 Å². The van der Waals surface area contributed by atoms with Crippen LogP contribution in [0.3, 0.4) is 0 Å². The van der Waals surface area contributed by atoms with E-state index in [-0.39, 0.29) is 5.56 Å². The van der Waals surface area contributed by atoms with Crippen molar-refractivity contribution in [2.24, 2.45) is 0 Å². The van der Waals surface area contributed by atoms with Crippen LogP contribution in [0.1, 0.15) is 11.1 Å². The van der Waals surface area contributed by atoms with Crippen molar-refractivity contribution in [3.8, 4) is 17.2 Å². The summed E-state index contributed by atoms with van der Waals surface area (Å²) in [7, 11) is 0. The van der Waals surface area contributed by atoms with Gasteiger partial charge in [-0.2, -0.15) is 5.26 Å². The summed E-state index contributed by atoms with van der Waals surface area (Å²) in [5.74, 6) is -1.18. The summed E-state index contributed by atoms with van der Waals surface area (Å²) in [5, 5.41) is 8.65. The second kappa shape index (κ2) is 4.34. The Balaban J connectivity index is 2.57. The highest BCUT2D eigenvalue weighted by Gasteiger charge is 2.11. The lowest BCUT2D eigenvalue weighted by Gasteiger charge is -2.06. The van der Waals surface area contributed by atoms with Gasteiger partial charge in [0.2, 0.25) is 0 Å². The van der Waals surface area contributed by atoms with Gasteiger partial charge in [-0.15, -0.1) is 0 Å². The third-order valence-electron chi connectivity index (χ3n) is 2.49. The molecule has 0 aliphatic heterocycles. The number of benzene rings is 2. The molecule has 0 aliphatic rings. The topological polar surface area (TPSA) is 23.8 Å². The van der Waals surface area contributed by atoms with Crippen molar-refractivity contribution in [1.29, 1.82) is 5.26 Å². The summed E-state index contributed by atoms with van der Waals surface area (Å²) in [6, 6.07) is 10.7. The van der Waals surface area contributed by atoms with Gasteiger partial charge in [0, 0.05) is 0 Å². The van der Waals surface area contributed by atoms with E-state index in [0.29, 0.717) is 16.7 Å². The minimum atomic E-state index is -0.591. The van der Waals surface area contributed by atoms with Gasteiger partial charge in [0.25, 0.3) is 0 Å². The molecular formula is C14H9F2N. The first-order valence-electron chi connectivity index (χ1n) is 5.08. The fraction of sp³-hybridized carbons (Fsp3) is 0.0714. The molecule has 0 fully saturated rings. The van der Waals surface area contributed by atoms with E-state index in [1.807, 2.05) is 6.07 Å². The highest BCUT2D eigenvalue weighted by atomic mass is 19.1. The quantitative estimate of drug-likeness (QED) is 0.729. The number of halogens is 2. The first-order valence-corrected chi connectivity index (χ1v) is 5.08. The molecule has 0 amide bonds. The smallest absolute Gasteiger partial charge is 0.134 e. The zero-order valence-corrected chi connectivity index (χ0v) is 9.17. The molecular weight excluding hydrogens is 220 g/mol. The zero-order chi connectivity index (χ0) is 12.4. The lowest BCUT2D eigenvalue weighted by Crippen LogP contribution is -1.91. The van der Waals surface area contributed by atoms with Crippen LogP contribution in [0.25, 0.3) is 11.1 Å². The van der Waals surface area contributed by atoms with Crippen LogP contribution in [-0.4, -0.2) is 0 Å². The van der Waals surface area contributed by atoms with Gasteiger partial charge < -0.3 is 0 Å². The Kier molecular flexibility index (Phi) is 2.88. The molecule has 0 radical (unpaired) electrons. The Morgan fingerprint density at radius 1 is 1.00 bits per heavy atom. The van der Waals surface area contributed by atoms with Crippen LogP contribution in [0.15, 0.2) is 36.4 Å². The molecule has 0 saturated carbocycles. The minimum absolute atomic E-state index is 0.0555. The van der Waals surface area contributed by atoms with Gasteiger partial charge in [-0.3, -0.25) is 0 Å². The predicted molar refractivity (Wildman–Crippen MR) is 61.2 cm³/mol. The van der Waals surface area contributed by atoms with Crippen molar-refractivity contribution in [3.63, 3.8) is 0 Å². The van der Waals surface area contributed by atoms with Gasteiger partial charge in [0.15, 0.2) is 0 Å². The van der Waals surface area contributed by atoms with Crippen LogP contribution < -0.4 is 0 Å². The van der Waals surface area contributed by atoms with Crippen molar-refractivity contribution in [3.05, 3.63) is 59.2 Å². The number of nitrogens with zero attached hydrogens (tertiary/aromatic N) is 1. The van der Waals surface area contributed by atoms with Crippen molar-refractivity contribution in [1.82, 2.24) is 0 Å². The lowest BCUT2D eigenvalue weighted by molar-refractivity contribution is 0.588. The van der Waals surface area contributed by atoms with Gasteiger partial charge in [0.1, 0.15) is 11.6 Å². The molecule has 2 aromatic rings. The molecule has 0 bridgehead atoms. The van der Waals surface area contributed by atoms with Crippen molar-refractivity contribution >= 4 is 0 Å². The second-order valence-corrected chi connectivity index (χ2v) is 3.79. The highest BCUT2D eigenvalue weighted by Crippen LogP contribution is 2.27. The van der Waals surface area contributed by atoms with Crippen molar-refractivity contribution in [2.75, 3.05) is 0 Å². The van der Waals surface area contributed by atoms with Crippen molar-refractivity contribution < 1.29 is 8.78 Å². The maximum Gasteiger partial charge on any atom is 0.134 e. The van der Waals surface area contributed by atoms with E-state index in [4.69, 9.17) is 5.26 Å². The number of nitriles is 1. The SMILES string of the molecule is Cc1cc(F)c(-c2ccc(C#N)cc2)c(F)c1. The number of aryl methyl sites for hydroxylation is 1. The molecule has 0 N–H and O–H groups in total. The Morgan fingerprint density at radius 3 is 2.00 bits per heavy atom. The summed E-state index contributed by atoms with van der Waals surface area (Å²) in [6.45, 7) is 1.63. The Labute approximate surface area is 97.9 Å². The fourth-order valence-electron chi connectivity index (χ4n) is 1.69. The Bertz CT molecular complexity index is 572. The summed E-state index contributed by atoms with van der Waals surface area (Å²) < 4.78 is 27.3. The van der Waals surface area contributed by atoms with E-state index in [1.54, 1.807) is 6.92 Å². The van der Waals surface area contributed by atoms with Crippen LogP contribution in [-0.2, 0) is 0 Å². The van der Waals surface area contributed by atoms with E-state index in [9.17, 15) is 8.78 Å². The summed E-state index contributed by atoms with van der Waals surface area (Å²) in [5.41, 5.74) is 1.37. The standard InChI is InChI=1S/C14H9F2N/c1-9-6-12(15)14(13(16)7-9)11-4-2-10(8-17)3-5-11/h2-7H,1H3. The minimum Gasteiger partial charge on any atom is -0.206 e. The van der Waals surface area contributed by atoms with Crippen LogP contribution in [0, 0.1) is 29.9 Å². The molecule has 2 rings (SSSR count). The molecule has 2 aromatic carbocycles. The lowest BCUT2D eigenvalue weighted by atomic mass is 10.0. The molecule has 17 heavy (non-hydrogen) atoms. The van der Waals surface area contributed by atoms with E-state index in [0.717, 1.165) is 0 Å². The molecule has 0 spiro atoms. The second-order valence-electron chi connectivity index (χ2n) is 3.79. The summed E-state index contributed by atoms with van der Waals surface area (Å²) in [6.07, 6.45) is 0. The maximum absolute atomic E-state index is 13.7. The van der Waals surface area contributed by atoms with Gasteiger partial charge in [-0.1, -0.05) is 12.1 Å². The van der Waals surface area contributed by atoms with Gasteiger partial charge in [-0.25, -0.2) is 8.78 Å². The first kappa shape index (κ1) is 11.3. The number of rotatable bonds is 1. The fourth-order valence-corrected chi connectivity index (χ4v) is 1.69. The van der Waals surface area contributed by atoms with E-state index >= 15 is 0 Å². The van der Waals surface area contributed by atoms with Crippen LogP contribution >= 0.6 is 0 Å². The molecule has 0 atom stereocenters. The normalized spacial score (nSPS) is 10.0. The van der Waals surface area contributed by atoms with Gasteiger partial charge in [-0.05, 0) is 42.3 Å². The van der Waals surface area contributed by atoms with Crippen LogP contribution in [0.2, 0.25) is 0 Å². The third kappa shape index (κ3) is 2.16. The number of hydrogen-bond acceptors (Lipinski definition) is 1. The molecule has 3 heteroatoms. The molecule has 0 aliphatic carbocycles. The molecule has 0 aromatic heterocycles. The third-order valence-corrected chi connectivity index (χ3v) is 2.49. The molecule has 84 valence electrons. The monoisotopic (exact) mass is 229 g/mol. The predicted octanol–water partition coefficient (Wildman–Crippen LogP) is 3.81.